The topological polar surface area (TPSA) is 98.0 Å². The molecule has 4 N–H and O–H groups in total. The summed E-state index contributed by atoms with van der Waals surface area (Å²) in [5.41, 5.74) is -0.787. The van der Waals surface area contributed by atoms with E-state index < -0.39 is 29.2 Å². The number of carboxylic acids is 1. The van der Waals surface area contributed by atoms with Crippen molar-refractivity contribution in [3.8, 4) is 0 Å². The fraction of sp³-hybridized carbons (Fsp3) is 0.125. The average Bonchev–Trinajstić information content (AvgIpc) is 1.99. The van der Waals surface area contributed by atoms with Gasteiger partial charge < -0.3 is 20.4 Å². The molecule has 5 nitrogen and oxygen atoms in total. The summed E-state index contributed by atoms with van der Waals surface area (Å²) in [6, 6.07) is 0. The van der Waals surface area contributed by atoms with E-state index in [4.69, 9.17) is 15.3 Å². The molecule has 0 spiro atoms. The van der Waals surface area contributed by atoms with E-state index in [1.165, 1.54) is 0 Å². The summed E-state index contributed by atoms with van der Waals surface area (Å²) in [5, 5.41) is 35.9. The van der Waals surface area contributed by atoms with E-state index >= 15 is 0 Å². The molecule has 0 bridgehead atoms. The summed E-state index contributed by atoms with van der Waals surface area (Å²) in [4.78, 5) is 10.5. The largest absolute Gasteiger partial charge is 0.507 e. The number of carboxylic acid groups (broad SMARTS) is 1. The van der Waals surface area contributed by atoms with Crippen LogP contribution >= 0.6 is 0 Å². The van der Waals surface area contributed by atoms with Gasteiger partial charge in [-0.25, -0.2) is 4.79 Å². The third-order valence-corrected chi connectivity index (χ3v) is 1.68. The minimum Gasteiger partial charge on any atom is -0.507 e. The van der Waals surface area contributed by atoms with Gasteiger partial charge in [-0.3, -0.25) is 0 Å². The Hall–Kier alpha value is -1.75. The minimum absolute atomic E-state index is 0.143. The number of aliphatic hydroxyl groups excluding tert-OH is 3. The normalized spacial score (nSPS) is 23.0. The third-order valence-electron chi connectivity index (χ3n) is 1.68. The molecular formula is C8H8O5. The molecule has 0 heterocycles. The van der Waals surface area contributed by atoms with Crippen LogP contribution in [0.3, 0.4) is 0 Å². The van der Waals surface area contributed by atoms with Gasteiger partial charge in [0.15, 0.2) is 0 Å². The summed E-state index contributed by atoms with van der Waals surface area (Å²) in [6.45, 7) is 3.27. The van der Waals surface area contributed by atoms with Crippen LogP contribution in [0.15, 0.2) is 35.3 Å². The maximum absolute atomic E-state index is 10.5. The Balaban J connectivity index is 3.25. The summed E-state index contributed by atoms with van der Waals surface area (Å²) in [7, 11) is 0. The lowest BCUT2D eigenvalue weighted by Crippen LogP contribution is -2.20. The van der Waals surface area contributed by atoms with Crippen LogP contribution in [0.2, 0.25) is 0 Å². The highest BCUT2D eigenvalue weighted by atomic mass is 16.4. The van der Waals surface area contributed by atoms with Crippen molar-refractivity contribution < 1.29 is 25.2 Å². The second-order valence-corrected chi connectivity index (χ2v) is 2.55. The van der Waals surface area contributed by atoms with Gasteiger partial charge in [-0.1, -0.05) is 6.58 Å². The lowest BCUT2D eigenvalue weighted by molar-refractivity contribution is -0.132. The lowest BCUT2D eigenvalue weighted by atomic mass is 9.97. The zero-order valence-corrected chi connectivity index (χ0v) is 6.56. The Kier molecular flexibility index (Phi) is 2.12. The van der Waals surface area contributed by atoms with E-state index in [1.54, 1.807) is 0 Å². The first-order chi connectivity index (χ1) is 5.95. The highest BCUT2D eigenvalue weighted by Crippen LogP contribution is 2.25. The molecule has 0 saturated heterocycles. The van der Waals surface area contributed by atoms with Gasteiger partial charge in [-0.2, -0.15) is 0 Å². The third kappa shape index (κ3) is 1.41. The molecule has 1 aliphatic carbocycles. The second kappa shape index (κ2) is 2.95. The molecule has 70 valence electrons. The number of rotatable bonds is 1. The molecule has 0 radical (unpaired) electrons. The standard InChI is InChI=1S/C8H8O5/c1-3-4(9)2-5(10)6(7(3)11)8(12)13/h2,4,9-11H,1H2,(H,12,13). The molecule has 0 aliphatic heterocycles. The maximum atomic E-state index is 10.5. The first-order valence-corrected chi connectivity index (χ1v) is 3.40. The predicted octanol–water partition coefficient (Wildman–Crippen LogP) is 0.256. The molecule has 0 amide bonds. The van der Waals surface area contributed by atoms with Gasteiger partial charge in [-0.15, -0.1) is 0 Å². The van der Waals surface area contributed by atoms with Crippen molar-refractivity contribution in [1.82, 2.24) is 0 Å². The summed E-state index contributed by atoms with van der Waals surface area (Å²) >= 11 is 0. The molecule has 0 aromatic heterocycles. The van der Waals surface area contributed by atoms with Crippen LogP contribution in [0.25, 0.3) is 0 Å². The monoisotopic (exact) mass is 184 g/mol. The first-order valence-electron chi connectivity index (χ1n) is 3.40. The van der Waals surface area contributed by atoms with Crippen molar-refractivity contribution in [2.45, 2.75) is 6.10 Å². The van der Waals surface area contributed by atoms with Crippen LogP contribution in [0, 0.1) is 0 Å². The molecule has 1 rings (SSSR count). The number of aliphatic carboxylic acids is 1. The van der Waals surface area contributed by atoms with Crippen LogP contribution < -0.4 is 0 Å². The molecular weight excluding hydrogens is 176 g/mol. The number of carbonyl (C=O) groups is 1. The van der Waals surface area contributed by atoms with Crippen LogP contribution in [0.4, 0.5) is 0 Å². The van der Waals surface area contributed by atoms with Crippen molar-refractivity contribution >= 4 is 5.97 Å². The predicted molar refractivity (Wildman–Crippen MR) is 43.1 cm³/mol. The smallest absolute Gasteiger partial charge is 0.343 e. The van der Waals surface area contributed by atoms with Crippen molar-refractivity contribution in [2.75, 3.05) is 0 Å². The Morgan fingerprint density at radius 2 is 2.00 bits per heavy atom. The van der Waals surface area contributed by atoms with Crippen LogP contribution in [0.5, 0.6) is 0 Å². The highest BCUT2D eigenvalue weighted by molar-refractivity contribution is 5.93. The fourth-order valence-electron chi connectivity index (χ4n) is 0.966. The van der Waals surface area contributed by atoms with Crippen LogP contribution in [0.1, 0.15) is 0 Å². The first kappa shape index (κ1) is 9.34. The van der Waals surface area contributed by atoms with E-state index in [9.17, 15) is 9.90 Å². The second-order valence-electron chi connectivity index (χ2n) is 2.55. The van der Waals surface area contributed by atoms with Crippen molar-refractivity contribution in [1.29, 1.82) is 0 Å². The summed E-state index contributed by atoms with van der Waals surface area (Å²) in [6.07, 6.45) is -0.353. The van der Waals surface area contributed by atoms with E-state index in [0.29, 0.717) is 0 Å². The van der Waals surface area contributed by atoms with Gasteiger partial charge in [0.05, 0.1) is 0 Å². The van der Waals surface area contributed by atoms with E-state index in [0.717, 1.165) is 6.08 Å². The lowest BCUT2D eigenvalue weighted by Gasteiger charge is -2.17. The number of aliphatic hydroxyl groups is 3. The molecule has 1 atom stereocenters. The minimum atomic E-state index is -1.47. The average molecular weight is 184 g/mol. The molecule has 13 heavy (non-hydrogen) atoms. The summed E-state index contributed by atoms with van der Waals surface area (Å²) in [5.74, 6) is -2.83. The zero-order chi connectivity index (χ0) is 10.2. The highest BCUT2D eigenvalue weighted by Gasteiger charge is 2.28. The Bertz CT molecular complexity index is 336. The quantitative estimate of drug-likeness (QED) is 0.468. The number of hydrogen-bond acceptors (Lipinski definition) is 4. The Morgan fingerprint density at radius 3 is 2.46 bits per heavy atom. The van der Waals surface area contributed by atoms with Gasteiger partial charge in [0.1, 0.15) is 23.2 Å². The van der Waals surface area contributed by atoms with Gasteiger partial charge in [0.2, 0.25) is 0 Å². The van der Waals surface area contributed by atoms with E-state index in [-0.39, 0.29) is 5.57 Å². The number of hydrogen-bond donors (Lipinski definition) is 4. The van der Waals surface area contributed by atoms with E-state index in [2.05, 4.69) is 6.58 Å². The molecule has 0 aromatic carbocycles. The van der Waals surface area contributed by atoms with Crippen molar-refractivity contribution in [2.24, 2.45) is 0 Å². The van der Waals surface area contributed by atoms with Crippen LogP contribution in [-0.4, -0.2) is 32.5 Å². The van der Waals surface area contributed by atoms with Crippen LogP contribution in [-0.2, 0) is 4.79 Å². The van der Waals surface area contributed by atoms with Crippen molar-refractivity contribution in [3.63, 3.8) is 0 Å². The zero-order valence-electron chi connectivity index (χ0n) is 6.56. The van der Waals surface area contributed by atoms with Crippen molar-refractivity contribution in [3.05, 3.63) is 35.3 Å². The molecule has 1 aliphatic rings. The van der Waals surface area contributed by atoms with Gasteiger partial charge >= 0.3 is 5.97 Å². The Morgan fingerprint density at radius 1 is 1.46 bits per heavy atom. The molecule has 0 saturated carbocycles. The molecule has 5 heteroatoms. The maximum Gasteiger partial charge on any atom is 0.343 e. The van der Waals surface area contributed by atoms with E-state index in [1.807, 2.05) is 0 Å². The van der Waals surface area contributed by atoms with Gasteiger partial charge in [0, 0.05) is 5.57 Å². The van der Waals surface area contributed by atoms with Gasteiger partial charge in [-0.05, 0) is 6.08 Å². The molecule has 1 unspecified atom stereocenters. The SMILES string of the molecule is C=C1C(O)=C(C(=O)O)C(O)=CC1O. The Labute approximate surface area is 73.6 Å². The van der Waals surface area contributed by atoms with Gasteiger partial charge in [0.25, 0.3) is 0 Å². The molecule has 0 aromatic rings. The summed E-state index contributed by atoms with van der Waals surface area (Å²) < 4.78 is 0. The fourth-order valence-corrected chi connectivity index (χ4v) is 0.966. The molecule has 0 fully saturated rings.